The summed E-state index contributed by atoms with van der Waals surface area (Å²) in [5.74, 6) is -1.28. The number of carbonyl (C=O) groups excluding carboxylic acids is 1. The minimum Gasteiger partial charge on any atom is -0.480 e. The number of carboxylic acid groups (broad SMARTS) is 1. The van der Waals surface area contributed by atoms with E-state index in [-0.39, 0.29) is 0 Å². The van der Waals surface area contributed by atoms with Crippen LogP contribution in [-0.4, -0.2) is 34.9 Å². The number of para-hydroxylation sites is 1. The van der Waals surface area contributed by atoms with Gasteiger partial charge in [-0.15, -0.1) is 0 Å². The second kappa shape index (κ2) is 7.38. The average Bonchev–Trinajstić information content (AvgIpc) is 2.38. The van der Waals surface area contributed by atoms with Crippen LogP contribution in [0.3, 0.4) is 0 Å². The molecule has 1 aromatic rings. The molecule has 0 aliphatic carbocycles. The number of urea groups is 1. The van der Waals surface area contributed by atoms with E-state index in [1.165, 1.54) is 0 Å². The molecular formula is C13H18N2O4. The molecule has 0 heterocycles. The van der Waals surface area contributed by atoms with Gasteiger partial charge in [0.15, 0.2) is 6.04 Å². The van der Waals surface area contributed by atoms with Crippen molar-refractivity contribution in [3.8, 4) is 0 Å². The van der Waals surface area contributed by atoms with Crippen LogP contribution >= 0.6 is 0 Å². The largest absolute Gasteiger partial charge is 0.480 e. The van der Waals surface area contributed by atoms with Gasteiger partial charge in [0.1, 0.15) is 0 Å². The molecule has 2 amide bonds. The van der Waals surface area contributed by atoms with Crippen molar-refractivity contribution in [2.75, 3.05) is 11.9 Å². The minimum atomic E-state index is -1.31. The Bertz CT molecular complexity index is 448. The van der Waals surface area contributed by atoms with Crippen LogP contribution < -0.4 is 10.6 Å². The van der Waals surface area contributed by atoms with Crippen LogP contribution in [0.4, 0.5) is 10.5 Å². The maximum Gasteiger partial charge on any atom is 0.328 e. The Morgan fingerprint density at radius 3 is 2.58 bits per heavy atom. The highest BCUT2D eigenvalue weighted by molar-refractivity contribution is 5.92. The van der Waals surface area contributed by atoms with E-state index in [2.05, 4.69) is 10.6 Å². The molecule has 6 nitrogen and oxygen atoms in total. The summed E-state index contributed by atoms with van der Waals surface area (Å²) in [6.45, 7) is 1.38. The average molecular weight is 266 g/mol. The lowest BCUT2D eigenvalue weighted by Gasteiger charge is -2.14. The Hall–Kier alpha value is -2.08. The van der Waals surface area contributed by atoms with E-state index in [0.29, 0.717) is 5.69 Å². The van der Waals surface area contributed by atoms with Gasteiger partial charge >= 0.3 is 12.0 Å². The molecule has 0 aliphatic rings. The molecule has 1 rings (SSSR count). The maximum atomic E-state index is 11.6. The van der Waals surface area contributed by atoms with Crippen molar-refractivity contribution in [1.29, 1.82) is 0 Å². The van der Waals surface area contributed by atoms with Gasteiger partial charge in [0.05, 0.1) is 6.61 Å². The highest BCUT2D eigenvalue weighted by Gasteiger charge is 2.18. The highest BCUT2D eigenvalue weighted by atomic mass is 16.4. The molecule has 6 heteroatoms. The monoisotopic (exact) mass is 266 g/mol. The van der Waals surface area contributed by atoms with Crippen LogP contribution in [0.1, 0.15) is 18.9 Å². The number of nitrogens with one attached hydrogen (secondary N) is 2. The number of hydrogen-bond donors (Lipinski definition) is 4. The molecular weight excluding hydrogens is 248 g/mol. The lowest BCUT2D eigenvalue weighted by Crippen LogP contribution is -2.45. The first-order valence-corrected chi connectivity index (χ1v) is 6.07. The third-order valence-corrected chi connectivity index (χ3v) is 2.57. The zero-order chi connectivity index (χ0) is 14.3. The summed E-state index contributed by atoms with van der Waals surface area (Å²) in [5.41, 5.74) is 1.62. The van der Waals surface area contributed by atoms with Gasteiger partial charge in [0, 0.05) is 5.69 Å². The van der Waals surface area contributed by atoms with E-state index < -0.39 is 24.6 Å². The normalized spacial score (nSPS) is 11.7. The van der Waals surface area contributed by atoms with Gasteiger partial charge < -0.3 is 20.8 Å². The number of aryl methyl sites for hydroxylation is 1. The quantitative estimate of drug-likeness (QED) is 0.622. The summed E-state index contributed by atoms with van der Waals surface area (Å²) in [7, 11) is 0. The van der Waals surface area contributed by atoms with E-state index in [1.807, 2.05) is 19.1 Å². The molecule has 1 aromatic carbocycles. The van der Waals surface area contributed by atoms with Crippen molar-refractivity contribution in [3.63, 3.8) is 0 Å². The Morgan fingerprint density at radius 2 is 2.00 bits per heavy atom. The Balaban J connectivity index is 2.69. The molecule has 0 unspecified atom stereocenters. The van der Waals surface area contributed by atoms with Crippen molar-refractivity contribution in [3.05, 3.63) is 29.8 Å². The maximum absolute atomic E-state index is 11.6. The number of carboxylic acids is 1. The smallest absolute Gasteiger partial charge is 0.328 e. The fourth-order valence-corrected chi connectivity index (χ4v) is 1.63. The number of hydrogen-bond acceptors (Lipinski definition) is 3. The molecule has 1 atom stereocenters. The van der Waals surface area contributed by atoms with E-state index in [9.17, 15) is 9.59 Å². The lowest BCUT2D eigenvalue weighted by atomic mass is 10.1. The molecule has 0 aromatic heterocycles. The number of benzene rings is 1. The first kappa shape index (κ1) is 15.0. The summed E-state index contributed by atoms with van der Waals surface area (Å²) >= 11 is 0. The highest BCUT2D eigenvalue weighted by Crippen LogP contribution is 2.16. The standard InChI is InChI=1S/C13H18N2O4/c1-2-5-9-6-3-4-7-10(9)14-13(19)15-11(8-16)12(17)18/h3-4,6-7,11,16H,2,5,8H2,1H3,(H,17,18)(H2,14,15,19)/t11-/m0/s1. The van der Waals surface area contributed by atoms with Crippen LogP contribution in [-0.2, 0) is 11.2 Å². The number of amides is 2. The summed E-state index contributed by atoms with van der Waals surface area (Å²) in [6.07, 6.45) is 1.76. The molecule has 104 valence electrons. The summed E-state index contributed by atoms with van der Waals surface area (Å²) in [4.78, 5) is 22.3. The number of carbonyl (C=O) groups is 2. The SMILES string of the molecule is CCCc1ccccc1NC(=O)N[C@@H](CO)C(=O)O. The molecule has 0 aliphatic heterocycles. The third kappa shape index (κ3) is 4.59. The van der Waals surface area contributed by atoms with Crippen molar-refractivity contribution in [2.24, 2.45) is 0 Å². The first-order chi connectivity index (χ1) is 9.08. The number of aliphatic hydroxyl groups is 1. The fraction of sp³-hybridized carbons (Fsp3) is 0.385. The first-order valence-electron chi connectivity index (χ1n) is 6.07. The number of aliphatic hydroxyl groups excluding tert-OH is 1. The van der Waals surface area contributed by atoms with Gasteiger partial charge in [-0.05, 0) is 18.1 Å². The molecule has 0 radical (unpaired) electrons. The zero-order valence-electron chi connectivity index (χ0n) is 10.7. The van der Waals surface area contributed by atoms with E-state index in [0.717, 1.165) is 18.4 Å². The van der Waals surface area contributed by atoms with Crippen molar-refractivity contribution < 1.29 is 19.8 Å². The third-order valence-electron chi connectivity index (χ3n) is 2.57. The van der Waals surface area contributed by atoms with Crippen molar-refractivity contribution in [1.82, 2.24) is 5.32 Å². The molecule has 0 fully saturated rings. The Morgan fingerprint density at radius 1 is 1.32 bits per heavy atom. The molecule has 19 heavy (non-hydrogen) atoms. The second-order valence-corrected chi connectivity index (χ2v) is 4.08. The molecule has 4 N–H and O–H groups in total. The van der Waals surface area contributed by atoms with Crippen LogP contribution in [0.25, 0.3) is 0 Å². The van der Waals surface area contributed by atoms with Gasteiger partial charge in [-0.25, -0.2) is 9.59 Å². The van der Waals surface area contributed by atoms with Crippen LogP contribution in [0, 0.1) is 0 Å². The van der Waals surface area contributed by atoms with E-state index in [1.54, 1.807) is 12.1 Å². The second-order valence-electron chi connectivity index (χ2n) is 4.08. The number of rotatable bonds is 6. The van der Waals surface area contributed by atoms with Crippen LogP contribution in [0.5, 0.6) is 0 Å². The summed E-state index contributed by atoms with van der Waals surface area (Å²) < 4.78 is 0. The van der Waals surface area contributed by atoms with Gasteiger partial charge in [-0.2, -0.15) is 0 Å². The van der Waals surface area contributed by atoms with Gasteiger partial charge in [0.25, 0.3) is 0 Å². The van der Waals surface area contributed by atoms with Crippen molar-refractivity contribution in [2.45, 2.75) is 25.8 Å². The van der Waals surface area contributed by atoms with Gasteiger partial charge in [-0.3, -0.25) is 0 Å². The molecule has 0 saturated heterocycles. The zero-order valence-corrected chi connectivity index (χ0v) is 10.7. The lowest BCUT2D eigenvalue weighted by molar-refractivity contribution is -0.140. The predicted octanol–water partition coefficient (Wildman–Crippen LogP) is 1.21. The van der Waals surface area contributed by atoms with Crippen molar-refractivity contribution >= 4 is 17.7 Å². The number of aliphatic carboxylic acids is 1. The Labute approximate surface area is 111 Å². The van der Waals surface area contributed by atoms with E-state index >= 15 is 0 Å². The minimum absolute atomic E-state index is 0.643. The van der Waals surface area contributed by atoms with E-state index in [4.69, 9.17) is 10.2 Å². The predicted molar refractivity (Wildman–Crippen MR) is 71.1 cm³/mol. The molecule has 0 saturated carbocycles. The van der Waals surface area contributed by atoms with Gasteiger partial charge in [0.2, 0.25) is 0 Å². The van der Waals surface area contributed by atoms with Crippen LogP contribution in [0.15, 0.2) is 24.3 Å². The molecule has 0 bridgehead atoms. The summed E-state index contributed by atoms with van der Waals surface area (Å²) in [6, 6.07) is 5.36. The Kier molecular flexibility index (Phi) is 5.81. The van der Waals surface area contributed by atoms with Crippen LogP contribution in [0.2, 0.25) is 0 Å². The molecule has 0 spiro atoms. The fourth-order valence-electron chi connectivity index (χ4n) is 1.63. The number of anilines is 1. The van der Waals surface area contributed by atoms with Gasteiger partial charge in [-0.1, -0.05) is 31.5 Å². The summed E-state index contributed by atoms with van der Waals surface area (Å²) in [5, 5.41) is 22.3. The topological polar surface area (TPSA) is 98.7 Å².